The fraction of sp³-hybridized carbons (Fsp3) is 0.812. The van der Waals surface area contributed by atoms with E-state index in [2.05, 4.69) is 20.4 Å². The van der Waals surface area contributed by atoms with Crippen molar-refractivity contribution in [1.82, 2.24) is 0 Å². The highest BCUT2D eigenvalue weighted by molar-refractivity contribution is 5.87. The third kappa shape index (κ3) is 1.81. The van der Waals surface area contributed by atoms with Gasteiger partial charge >= 0.3 is 5.97 Å². The Balaban J connectivity index is 1.89. The second kappa shape index (κ2) is 3.40. The number of ether oxygens (including phenoxy) is 1. The topological polar surface area (TPSA) is 26.3 Å². The van der Waals surface area contributed by atoms with E-state index in [1.165, 1.54) is 19.3 Å². The zero-order valence-corrected chi connectivity index (χ0v) is 11.8. The second-order valence-electron chi connectivity index (χ2n) is 7.98. The molecule has 0 radical (unpaired) electrons. The van der Waals surface area contributed by atoms with Gasteiger partial charge in [0.2, 0.25) is 0 Å². The van der Waals surface area contributed by atoms with Gasteiger partial charge in [0.25, 0.3) is 0 Å². The van der Waals surface area contributed by atoms with Crippen LogP contribution in [0.5, 0.6) is 0 Å². The van der Waals surface area contributed by atoms with Crippen LogP contribution in [-0.4, -0.2) is 11.6 Å². The van der Waals surface area contributed by atoms with E-state index < -0.39 is 0 Å². The van der Waals surface area contributed by atoms with Crippen LogP contribution in [0.4, 0.5) is 0 Å². The van der Waals surface area contributed by atoms with Crippen molar-refractivity contribution in [3.8, 4) is 0 Å². The van der Waals surface area contributed by atoms with Crippen LogP contribution in [0.2, 0.25) is 0 Å². The normalized spacial score (nSPS) is 49.2. The molecule has 0 saturated heterocycles. The number of carbonyl (C=O) groups is 1. The Kier molecular flexibility index (Phi) is 2.31. The molecule has 2 unspecified atom stereocenters. The van der Waals surface area contributed by atoms with E-state index in [4.69, 9.17) is 4.74 Å². The van der Waals surface area contributed by atoms with Crippen LogP contribution in [0.15, 0.2) is 12.2 Å². The van der Waals surface area contributed by atoms with Crippen molar-refractivity contribution in [1.29, 1.82) is 0 Å². The molecule has 0 aromatic heterocycles. The lowest BCUT2D eigenvalue weighted by Crippen LogP contribution is -2.60. The van der Waals surface area contributed by atoms with Gasteiger partial charge in [0, 0.05) is 5.57 Å². The van der Waals surface area contributed by atoms with E-state index in [0.717, 1.165) is 25.2 Å². The Bertz CT molecular complexity index is 405. The van der Waals surface area contributed by atoms with Crippen LogP contribution in [0, 0.1) is 16.7 Å². The first kappa shape index (κ1) is 12.3. The lowest BCUT2D eigenvalue weighted by atomic mass is 9.43. The van der Waals surface area contributed by atoms with Gasteiger partial charge in [-0.25, -0.2) is 4.79 Å². The lowest BCUT2D eigenvalue weighted by Gasteiger charge is -2.64. The first-order valence-electron chi connectivity index (χ1n) is 7.12. The molecule has 4 rings (SSSR count). The summed E-state index contributed by atoms with van der Waals surface area (Å²) in [7, 11) is 0. The van der Waals surface area contributed by atoms with Crippen molar-refractivity contribution in [2.45, 2.75) is 64.9 Å². The molecule has 4 saturated carbocycles. The minimum atomic E-state index is -0.191. The molecule has 0 N–H and O–H groups in total. The Labute approximate surface area is 110 Å². The quantitative estimate of drug-likeness (QED) is 0.548. The van der Waals surface area contributed by atoms with Gasteiger partial charge in [-0.3, -0.25) is 0 Å². The summed E-state index contributed by atoms with van der Waals surface area (Å²) in [5.74, 6) is 0.568. The monoisotopic (exact) mass is 248 g/mol. The zero-order valence-electron chi connectivity index (χ0n) is 11.8. The first-order valence-corrected chi connectivity index (χ1v) is 7.12. The Morgan fingerprint density at radius 3 is 2.11 bits per heavy atom. The molecular weight excluding hydrogens is 224 g/mol. The average molecular weight is 248 g/mol. The molecule has 4 atom stereocenters. The van der Waals surface area contributed by atoms with Crippen molar-refractivity contribution in [2.24, 2.45) is 16.7 Å². The van der Waals surface area contributed by atoms with Gasteiger partial charge in [-0.1, -0.05) is 20.4 Å². The molecule has 4 aliphatic rings. The second-order valence-corrected chi connectivity index (χ2v) is 7.98. The highest BCUT2D eigenvalue weighted by atomic mass is 16.6. The molecule has 0 aromatic carbocycles. The van der Waals surface area contributed by atoms with Gasteiger partial charge in [0.05, 0.1) is 0 Å². The minimum absolute atomic E-state index is 0.182. The molecule has 100 valence electrons. The third-order valence-corrected chi connectivity index (χ3v) is 5.23. The van der Waals surface area contributed by atoms with Crippen molar-refractivity contribution in [3.63, 3.8) is 0 Å². The number of hydrogen-bond acceptors (Lipinski definition) is 2. The molecular formula is C16H24O2. The van der Waals surface area contributed by atoms with E-state index >= 15 is 0 Å². The molecule has 0 spiro atoms. The molecule has 0 aliphatic heterocycles. The van der Waals surface area contributed by atoms with Crippen molar-refractivity contribution >= 4 is 5.97 Å². The summed E-state index contributed by atoms with van der Waals surface area (Å²) in [6.45, 7) is 10.2. The lowest BCUT2D eigenvalue weighted by molar-refractivity contribution is -0.212. The fourth-order valence-electron chi connectivity index (χ4n) is 5.74. The van der Waals surface area contributed by atoms with E-state index in [-0.39, 0.29) is 11.6 Å². The highest BCUT2D eigenvalue weighted by Crippen LogP contribution is 2.67. The van der Waals surface area contributed by atoms with Gasteiger partial charge in [0.1, 0.15) is 5.60 Å². The molecule has 4 aliphatic carbocycles. The van der Waals surface area contributed by atoms with Crippen molar-refractivity contribution in [3.05, 3.63) is 12.2 Å². The average Bonchev–Trinajstić information content (AvgIpc) is 2.09. The summed E-state index contributed by atoms with van der Waals surface area (Å²) in [5.41, 5.74) is 1.13. The zero-order chi connectivity index (χ0) is 13.2. The summed E-state index contributed by atoms with van der Waals surface area (Å²) in [6, 6.07) is 0. The van der Waals surface area contributed by atoms with Crippen LogP contribution in [0.25, 0.3) is 0 Å². The molecule has 4 fully saturated rings. The molecule has 0 amide bonds. The Morgan fingerprint density at radius 2 is 1.67 bits per heavy atom. The smallest absolute Gasteiger partial charge is 0.333 e. The standard InChI is InChI=1S/C16H24O2/c1-11(2)13(17)18-16-7-12-5-14(3,9-16)8-15(4,6-12)10-16/h12H,1,5-10H2,2-4H3/t12?,14-,15+,16?. The molecule has 4 bridgehead atoms. The minimum Gasteiger partial charge on any atom is -0.456 e. The number of carbonyl (C=O) groups excluding carboxylic acids is 1. The van der Waals surface area contributed by atoms with Gasteiger partial charge in [-0.05, 0) is 62.2 Å². The van der Waals surface area contributed by atoms with E-state index in [0.29, 0.717) is 16.4 Å². The first-order chi connectivity index (χ1) is 8.23. The maximum absolute atomic E-state index is 11.9. The van der Waals surface area contributed by atoms with Gasteiger partial charge in [-0.15, -0.1) is 0 Å². The van der Waals surface area contributed by atoms with Crippen LogP contribution < -0.4 is 0 Å². The predicted octanol–water partition coefficient (Wildman–Crippen LogP) is 3.85. The Hall–Kier alpha value is -0.790. The maximum atomic E-state index is 11.9. The summed E-state index contributed by atoms with van der Waals surface area (Å²) in [5, 5.41) is 0. The van der Waals surface area contributed by atoms with Crippen LogP contribution in [-0.2, 0) is 9.53 Å². The van der Waals surface area contributed by atoms with E-state index in [9.17, 15) is 4.79 Å². The Morgan fingerprint density at radius 1 is 1.11 bits per heavy atom. The fourth-order valence-corrected chi connectivity index (χ4v) is 5.74. The van der Waals surface area contributed by atoms with Gasteiger partial charge < -0.3 is 4.74 Å². The van der Waals surface area contributed by atoms with Crippen molar-refractivity contribution < 1.29 is 9.53 Å². The van der Waals surface area contributed by atoms with Gasteiger partial charge in [-0.2, -0.15) is 0 Å². The summed E-state index contributed by atoms with van der Waals surface area (Å²) < 4.78 is 5.90. The molecule has 2 heteroatoms. The third-order valence-electron chi connectivity index (χ3n) is 5.23. The van der Waals surface area contributed by atoms with Crippen molar-refractivity contribution in [2.75, 3.05) is 0 Å². The van der Waals surface area contributed by atoms with Crippen LogP contribution >= 0.6 is 0 Å². The predicted molar refractivity (Wildman–Crippen MR) is 71.0 cm³/mol. The number of rotatable bonds is 2. The number of hydrogen-bond donors (Lipinski definition) is 0. The van der Waals surface area contributed by atoms with Gasteiger partial charge in [0.15, 0.2) is 0 Å². The van der Waals surface area contributed by atoms with Crippen LogP contribution in [0.1, 0.15) is 59.3 Å². The summed E-state index contributed by atoms with van der Waals surface area (Å²) >= 11 is 0. The molecule has 2 nitrogen and oxygen atoms in total. The summed E-state index contributed by atoms with van der Waals surface area (Å²) in [4.78, 5) is 11.9. The number of esters is 1. The maximum Gasteiger partial charge on any atom is 0.333 e. The molecule has 18 heavy (non-hydrogen) atoms. The van der Waals surface area contributed by atoms with Crippen LogP contribution in [0.3, 0.4) is 0 Å². The van der Waals surface area contributed by atoms with E-state index in [1.807, 2.05) is 0 Å². The molecule has 0 heterocycles. The largest absolute Gasteiger partial charge is 0.456 e. The highest BCUT2D eigenvalue weighted by Gasteiger charge is 2.61. The van der Waals surface area contributed by atoms with E-state index in [1.54, 1.807) is 6.92 Å². The molecule has 0 aromatic rings. The summed E-state index contributed by atoms with van der Waals surface area (Å²) in [6.07, 6.45) is 7.17. The SMILES string of the molecule is C=C(C)C(=O)OC12CC3C[C@@](C)(C1)C[C@](C)(C3)C2.